The van der Waals surface area contributed by atoms with Gasteiger partial charge in [0.05, 0.1) is 10.7 Å². The van der Waals surface area contributed by atoms with Gasteiger partial charge in [-0.15, -0.1) is 12.4 Å². The predicted octanol–water partition coefficient (Wildman–Crippen LogP) is 4.13. The van der Waals surface area contributed by atoms with Crippen LogP contribution in [0.4, 0.5) is 10.1 Å². The molecule has 0 aliphatic carbocycles. The summed E-state index contributed by atoms with van der Waals surface area (Å²) in [7, 11) is -4.11. The maximum absolute atomic E-state index is 14.7. The summed E-state index contributed by atoms with van der Waals surface area (Å²) in [5.74, 6) is -1.26. The van der Waals surface area contributed by atoms with Gasteiger partial charge in [-0.25, -0.2) is 17.5 Å². The van der Waals surface area contributed by atoms with Crippen molar-refractivity contribution in [1.29, 1.82) is 0 Å². The minimum absolute atomic E-state index is 0. The third-order valence-corrected chi connectivity index (χ3v) is 7.27. The molecule has 1 aliphatic heterocycles. The van der Waals surface area contributed by atoms with Crippen molar-refractivity contribution in [1.82, 2.24) is 10.0 Å². The molecule has 0 saturated carbocycles. The summed E-state index contributed by atoms with van der Waals surface area (Å²) in [4.78, 5) is 11.9. The van der Waals surface area contributed by atoms with Crippen LogP contribution in [0.25, 0.3) is 0 Å². The Balaban J connectivity index is 0.00000341. The van der Waals surface area contributed by atoms with Crippen LogP contribution < -0.4 is 15.4 Å². The fourth-order valence-corrected chi connectivity index (χ4v) is 5.27. The molecule has 6 nitrogen and oxygen atoms in total. The molecule has 1 fully saturated rings. The molecule has 0 bridgehead atoms. The van der Waals surface area contributed by atoms with E-state index in [1.807, 2.05) is 0 Å². The monoisotopic (exact) mass is 489 g/mol. The molecule has 3 N–H and O–H groups in total. The molecular formula is C21H26Cl2FN3O3S. The molecule has 3 rings (SSSR count). The second kappa shape index (κ2) is 10.7. The Morgan fingerprint density at radius 1 is 1.23 bits per heavy atom. The highest BCUT2D eigenvalue weighted by atomic mass is 35.5. The van der Waals surface area contributed by atoms with Gasteiger partial charge < -0.3 is 10.6 Å². The van der Waals surface area contributed by atoms with E-state index in [4.69, 9.17) is 11.6 Å². The van der Waals surface area contributed by atoms with Gasteiger partial charge in [-0.2, -0.15) is 0 Å². The van der Waals surface area contributed by atoms with Crippen molar-refractivity contribution in [2.45, 2.75) is 37.6 Å². The van der Waals surface area contributed by atoms with E-state index in [1.54, 1.807) is 38.1 Å². The lowest BCUT2D eigenvalue weighted by Gasteiger charge is -2.28. The SMILES string of the molecule is Cc1ccccc1C(=O)Nc1cc(F)c(S(=O)(=O)NC(C)C2CCNCC2)cc1Cl.Cl. The molecule has 0 radical (unpaired) electrons. The van der Waals surface area contributed by atoms with E-state index in [-0.39, 0.29) is 35.1 Å². The molecule has 1 unspecified atom stereocenters. The molecule has 1 atom stereocenters. The normalized spacial score (nSPS) is 15.7. The standard InChI is InChI=1S/C21H25ClFN3O3S.ClH/c1-13-5-3-4-6-16(13)21(27)25-19-12-18(23)20(11-17(19)22)30(28,29)26-14(2)15-7-9-24-10-8-15;/h3-6,11-12,14-15,24,26H,7-10H2,1-2H3,(H,25,27);1H. The van der Waals surface area contributed by atoms with Gasteiger partial charge in [0, 0.05) is 17.7 Å². The van der Waals surface area contributed by atoms with Crippen molar-refractivity contribution in [2.75, 3.05) is 18.4 Å². The number of halogens is 3. The first-order valence-corrected chi connectivity index (χ1v) is 11.6. The highest BCUT2D eigenvalue weighted by Crippen LogP contribution is 2.29. The summed E-state index contributed by atoms with van der Waals surface area (Å²) in [6, 6.07) is 8.56. The quantitative estimate of drug-likeness (QED) is 0.569. The van der Waals surface area contributed by atoms with Crippen molar-refractivity contribution < 1.29 is 17.6 Å². The Morgan fingerprint density at radius 2 is 1.87 bits per heavy atom. The lowest BCUT2D eigenvalue weighted by Crippen LogP contribution is -2.42. The van der Waals surface area contributed by atoms with E-state index >= 15 is 0 Å². The van der Waals surface area contributed by atoms with Crippen LogP contribution >= 0.6 is 24.0 Å². The van der Waals surface area contributed by atoms with Crippen LogP contribution in [-0.4, -0.2) is 33.5 Å². The maximum Gasteiger partial charge on any atom is 0.255 e. The first kappa shape index (κ1) is 25.5. The second-order valence-electron chi connectivity index (χ2n) is 7.53. The Hall–Kier alpha value is -1.71. The summed E-state index contributed by atoms with van der Waals surface area (Å²) in [6.45, 7) is 5.21. The van der Waals surface area contributed by atoms with E-state index in [0.29, 0.717) is 5.56 Å². The summed E-state index contributed by atoms with van der Waals surface area (Å²) >= 11 is 6.18. The fraction of sp³-hybridized carbons (Fsp3) is 0.381. The Morgan fingerprint density at radius 3 is 2.52 bits per heavy atom. The molecule has 1 aliphatic rings. The van der Waals surface area contributed by atoms with Gasteiger partial charge in [0.1, 0.15) is 10.7 Å². The smallest absolute Gasteiger partial charge is 0.255 e. The molecule has 2 aromatic rings. The van der Waals surface area contributed by atoms with E-state index < -0.39 is 26.6 Å². The van der Waals surface area contributed by atoms with Crippen LogP contribution in [-0.2, 0) is 10.0 Å². The number of hydrogen-bond donors (Lipinski definition) is 3. The number of anilines is 1. The van der Waals surface area contributed by atoms with Gasteiger partial charge in [0.15, 0.2) is 0 Å². The number of sulfonamides is 1. The predicted molar refractivity (Wildman–Crippen MR) is 123 cm³/mol. The van der Waals surface area contributed by atoms with Gasteiger partial charge in [0.2, 0.25) is 10.0 Å². The van der Waals surface area contributed by atoms with Crippen molar-refractivity contribution in [2.24, 2.45) is 5.92 Å². The molecule has 0 spiro atoms. The Kier molecular flexibility index (Phi) is 8.85. The number of carbonyl (C=O) groups is 1. The lowest BCUT2D eigenvalue weighted by molar-refractivity contribution is 0.102. The van der Waals surface area contributed by atoms with Crippen LogP contribution in [0.1, 0.15) is 35.7 Å². The summed E-state index contributed by atoms with van der Waals surface area (Å²) in [5, 5.41) is 5.71. The van der Waals surface area contributed by atoms with E-state index in [0.717, 1.165) is 43.6 Å². The van der Waals surface area contributed by atoms with E-state index in [2.05, 4.69) is 15.4 Å². The summed E-state index contributed by atoms with van der Waals surface area (Å²) in [6.07, 6.45) is 1.69. The van der Waals surface area contributed by atoms with Gasteiger partial charge in [-0.1, -0.05) is 29.8 Å². The van der Waals surface area contributed by atoms with Crippen LogP contribution in [0.15, 0.2) is 41.3 Å². The third kappa shape index (κ3) is 6.17. The third-order valence-electron chi connectivity index (χ3n) is 5.38. The van der Waals surface area contributed by atoms with Gasteiger partial charge in [-0.05, 0) is 63.4 Å². The molecule has 31 heavy (non-hydrogen) atoms. The van der Waals surface area contributed by atoms with Crippen molar-refractivity contribution in [3.8, 4) is 0 Å². The zero-order valence-corrected chi connectivity index (χ0v) is 19.6. The summed E-state index contributed by atoms with van der Waals surface area (Å²) in [5.41, 5.74) is 1.18. The van der Waals surface area contributed by atoms with Gasteiger partial charge >= 0.3 is 0 Å². The molecule has 10 heteroatoms. The number of hydrogen-bond acceptors (Lipinski definition) is 4. The van der Waals surface area contributed by atoms with Gasteiger partial charge in [0.25, 0.3) is 5.91 Å². The van der Waals surface area contributed by atoms with E-state index in [9.17, 15) is 17.6 Å². The molecule has 1 saturated heterocycles. The van der Waals surface area contributed by atoms with Crippen molar-refractivity contribution in [3.63, 3.8) is 0 Å². The number of piperidine rings is 1. The Bertz CT molecular complexity index is 1040. The number of amides is 1. The number of rotatable bonds is 6. The lowest BCUT2D eigenvalue weighted by atomic mass is 9.92. The van der Waals surface area contributed by atoms with Crippen molar-refractivity contribution >= 4 is 45.6 Å². The maximum atomic E-state index is 14.7. The average molecular weight is 490 g/mol. The fourth-order valence-electron chi connectivity index (χ4n) is 3.60. The molecule has 170 valence electrons. The summed E-state index contributed by atoms with van der Waals surface area (Å²) < 4.78 is 42.8. The first-order valence-electron chi connectivity index (χ1n) is 9.78. The zero-order valence-electron chi connectivity index (χ0n) is 17.2. The number of aryl methyl sites for hydroxylation is 1. The number of benzene rings is 2. The number of nitrogens with one attached hydrogen (secondary N) is 3. The molecule has 0 aromatic heterocycles. The van der Waals surface area contributed by atoms with Crippen LogP contribution in [0.3, 0.4) is 0 Å². The first-order chi connectivity index (χ1) is 14.2. The Labute approximate surface area is 193 Å². The zero-order chi connectivity index (χ0) is 21.9. The molecule has 1 heterocycles. The van der Waals surface area contributed by atoms with Crippen LogP contribution in [0, 0.1) is 18.7 Å². The minimum Gasteiger partial charge on any atom is -0.321 e. The van der Waals surface area contributed by atoms with Gasteiger partial charge in [-0.3, -0.25) is 4.79 Å². The number of carbonyl (C=O) groups excluding carboxylic acids is 1. The van der Waals surface area contributed by atoms with Crippen LogP contribution in [0.5, 0.6) is 0 Å². The largest absolute Gasteiger partial charge is 0.321 e. The highest BCUT2D eigenvalue weighted by Gasteiger charge is 2.28. The van der Waals surface area contributed by atoms with E-state index in [1.165, 1.54) is 0 Å². The van der Waals surface area contributed by atoms with Crippen LogP contribution in [0.2, 0.25) is 5.02 Å². The molecule has 1 amide bonds. The molecular weight excluding hydrogens is 464 g/mol. The second-order valence-corrected chi connectivity index (χ2v) is 9.62. The molecule has 2 aromatic carbocycles. The average Bonchev–Trinajstić information content (AvgIpc) is 2.71. The highest BCUT2D eigenvalue weighted by molar-refractivity contribution is 7.89. The minimum atomic E-state index is -4.11. The topological polar surface area (TPSA) is 87.3 Å². The van der Waals surface area contributed by atoms with Crippen molar-refractivity contribution in [3.05, 3.63) is 58.4 Å².